The third-order valence-corrected chi connectivity index (χ3v) is 2.69. The molecule has 0 atom stereocenters. The first-order valence-corrected chi connectivity index (χ1v) is 5.78. The lowest BCUT2D eigenvalue weighted by molar-refractivity contribution is 0.683. The van der Waals surface area contributed by atoms with E-state index in [1.165, 1.54) is 0 Å². The number of nitrogens with zero attached hydrogens (tertiary/aromatic N) is 4. The average Bonchev–Trinajstić information content (AvgIpc) is 2.84. The molecule has 0 radical (unpaired) electrons. The molecule has 2 heterocycles. The number of pyridine rings is 1. The molecule has 0 fully saturated rings. The lowest BCUT2D eigenvalue weighted by Crippen LogP contribution is -1.97. The van der Waals surface area contributed by atoms with Gasteiger partial charge < -0.3 is 0 Å². The van der Waals surface area contributed by atoms with Crippen molar-refractivity contribution < 1.29 is 0 Å². The maximum atomic E-state index is 4.13. The van der Waals surface area contributed by atoms with Crippen molar-refractivity contribution in [2.24, 2.45) is 0 Å². The molecule has 0 spiro atoms. The topological polar surface area (TPSA) is 43.6 Å². The van der Waals surface area contributed by atoms with E-state index in [4.69, 9.17) is 0 Å². The molecule has 3 aromatic rings. The number of rotatable bonds is 3. The summed E-state index contributed by atoms with van der Waals surface area (Å²) in [5, 5.41) is 8.24. The second-order valence-corrected chi connectivity index (χ2v) is 3.95. The summed E-state index contributed by atoms with van der Waals surface area (Å²) in [6, 6.07) is 11.9. The Kier molecular flexibility index (Phi) is 2.84. The van der Waals surface area contributed by atoms with Gasteiger partial charge in [-0.15, -0.1) is 5.10 Å². The van der Waals surface area contributed by atoms with Crippen LogP contribution >= 0.6 is 0 Å². The van der Waals surface area contributed by atoms with Gasteiger partial charge in [-0.3, -0.25) is 4.98 Å². The van der Waals surface area contributed by atoms with Crippen LogP contribution in [0.15, 0.2) is 54.9 Å². The third-order valence-electron chi connectivity index (χ3n) is 2.69. The second kappa shape index (κ2) is 4.79. The number of hydrogen-bond acceptors (Lipinski definition) is 3. The first-order chi connectivity index (χ1) is 8.93. The van der Waals surface area contributed by atoms with Crippen LogP contribution in [-0.4, -0.2) is 20.0 Å². The van der Waals surface area contributed by atoms with Crippen molar-refractivity contribution in [3.8, 4) is 0 Å². The molecule has 0 saturated carbocycles. The second-order valence-electron chi connectivity index (χ2n) is 3.95. The standard InChI is InChI=1S/C14H12N4/c1-2-8-14-13(7-1)16-17-18(14)10-4-6-12-5-3-9-15-11-12/h1-9,11H,10H2. The normalized spacial score (nSPS) is 11.3. The number of para-hydroxylation sites is 1. The van der Waals surface area contributed by atoms with E-state index in [1.807, 2.05) is 53.4 Å². The molecule has 4 nitrogen and oxygen atoms in total. The van der Waals surface area contributed by atoms with Crippen LogP contribution in [0.2, 0.25) is 0 Å². The predicted molar refractivity (Wildman–Crippen MR) is 70.8 cm³/mol. The van der Waals surface area contributed by atoms with Crippen molar-refractivity contribution in [1.82, 2.24) is 20.0 Å². The predicted octanol–water partition coefficient (Wildman–Crippen LogP) is 2.54. The summed E-state index contributed by atoms with van der Waals surface area (Å²) in [4.78, 5) is 4.06. The Labute approximate surface area is 105 Å². The van der Waals surface area contributed by atoms with Crippen LogP contribution in [0.1, 0.15) is 5.56 Å². The molecular formula is C14H12N4. The van der Waals surface area contributed by atoms with Gasteiger partial charge in [-0.2, -0.15) is 0 Å². The molecule has 4 heteroatoms. The monoisotopic (exact) mass is 236 g/mol. The largest absolute Gasteiger partial charge is 0.264 e. The molecule has 0 N–H and O–H groups in total. The maximum absolute atomic E-state index is 4.13. The number of fused-ring (bicyclic) bond motifs is 1. The van der Waals surface area contributed by atoms with E-state index in [0.717, 1.165) is 16.6 Å². The van der Waals surface area contributed by atoms with Crippen molar-refractivity contribution >= 4 is 17.1 Å². The fourth-order valence-corrected chi connectivity index (χ4v) is 1.82. The summed E-state index contributed by atoms with van der Waals surface area (Å²) >= 11 is 0. The van der Waals surface area contributed by atoms with Crippen molar-refractivity contribution in [3.63, 3.8) is 0 Å². The van der Waals surface area contributed by atoms with E-state index in [1.54, 1.807) is 6.20 Å². The van der Waals surface area contributed by atoms with Gasteiger partial charge in [0.1, 0.15) is 5.52 Å². The highest BCUT2D eigenvalue weighted by Gasteiger charge is 2.00. The van der Waals surface area contributed by atoms with Gasteiger partial charge in [0.05, 0.1) is 12.1 Å². The molecule has 0 bridgehead atoms. The van der Waals surface area contributed by atoms with Gasteiger partial charge in [-0.05, 0) is 23.8 Å². The van der Waals surface area contributed by atoms with Gasteiger partial charge in [0.25, 0.3) is 0 Å². The first kappa shape index (κ1) is 10.7. The smallest absolute Gasteiger partial charge is 0.113 e. The summed E-state index contributed by atoms with van der Waals surface area (Å²) in [5.74, 6) is 0. The van der Waals surface area contributed by atoms with Gasteiger partial charge >= 0.3 is 0 Å². The highest BCUT2D eigenvalue weighted by atomic mass is 15.4. The Hall–Kier alpha value is -2.49. The average molecular weight is 236 g/mol. The Morgan fingerprint density at radius 3 is 2.94 bits per heavy atom. The number of benzene rings is 1. The van der Waals surface area contributed by atoms with Crippen LogP contribution < -0.4 is 0 Å². The Bertz CT molecular complexity index is 670. The van der Waals surface area contributed by atoms with Gasteiger partial charge in [-0.1, -0.05) is 35.6 Å². The lowest BCUT2D eigenvalue weighted by Gasteiger charge is -1.96. The fraction of sp³-hybridized carbons (Fsp3) is 0.0714. The molecule has 0 saturated heterocycles. The minimum Gasteiger partial charge on any atom is -0.264 e. The molecule has 18 heavy (non-hydrogen) atoms. The van der Waals surface area contributed by atoms with Gasteiger partial charge in [0.2, 0.25) is 0 Å². The quantitative estimate of drug-likeness (QED) is 0.702. The van der Waals surface area contributed by atoms with Crippen LogP contribution in [0, 0.1) is 0 Å². The van der Waals surface area contributed by atoms with Crippen LogP contribution in [0.5, 0.6) is 0 Å². The molecule has 0 aliphatic heterocycles. The van der Waals surface area contributed by atoms with E-state index < -0.39 is 0 Å². The fourth-order valence-electron chi connectivity index (χ4n) is 1.82. The van der Waals surface area contributed by atoms with Crippen molar-refractivity contribution in [1.29, 1.82) is 0 Å². The Morgan fingerprint density at radius 1 is 1.11 bits per heavy atom. The number of allylic oxidation sites excluding steroid dienone is 1. The molecule has 1 aromatic carbocycles. The summed E-state index contributed by atoms with van der Waals surface area (Å²) in [5.41, 5.74) is 3.06. The van der Waals surface area contributed by atoms with Crippen LogP contribution in [0.25, 0.3) is 17.1 Å². The highest BCUT2D eigenvalue weighted by molar-refractivity contribution is 5.73. The van der Waals surface area contributed by atoms with Crippen LogP contribution in [0.4, 0.5) is 0 Å². The molecule has 88 valence electrons. The van der Waals surface area contributed by atoms with E-state index in [0.29, 0.717) is 6.54 Å². The molecule has 0 aliphatic carbocycles. The number of aromatic nitrogens is 4. The lowest BCUT2D eigenvalue weighted by atomic mass is 10.2. The van der Waals surface area contributed by atoms with E-state index >= 15 is 0 Å². The maximum Gasteiger partial charge on any atom is 0.113 e. The van der Waals surface area contributed by atoms with Gasteiger partial charge in [-0.25, -0.2) is 4.68 Å². The van der Waals surface area contributed by atoms with Gasteiger partial charge in [0.15, 0.2) is 0 Å². The van der Waals surface area contributed by atoms with Crippen molar-refractivity contribution in [2.45, 2.75) is 6.54 Å². The first-order valence-electron chi connectivity index (χ1n) is 5.78. The molecule has 0 amide bonds. The molecule has 3 rings (SSSR count). The SMILES string of the molecule is C(=Cc1cccnc1)Cn1nnc2ccccc21. The van der Waals surface area contributed by atoms with Crippen LogP contribution in [-0.2, 0) is 6.54 Å². The third kappa shape index (κ3) is 2.13. The summed E-state index contributed by atoms with van der Waals surface area (Å²) in [7, 11) is 0. The molecule has 0 unspecified atom stereocenters. The van der Waals surface area contributed by atoms with Crippen LogP contribution in [0.3, 0.4) is 0 Å². The molecular weight excluding hydrogens is 224 g/mol. The summed E-state index contributed by atoms with van der Waals surface area (Å²) in [6.45, 7) is 0.704. The minimum atomic E-state index is 0.704. The number of hydrogen-bond donors (Lipinski definition) is 0. The summed E-state index contributed by atoms with van der Waals surface area (Å²) in [6.07, 6.45) is 7.68. The Morgan fingerprint density at radius 2 is 2.06 bits per heavy atom. The zero-order valence-corrected chi connectivity index (χ0v) is 9.77. The Balaban J connectivity index is 1.79. The van der Waals surface area contributed by atoms with Gasteiger partial charge in [0, 0.05) is 12.4 Å². The zero-order chi connectivity index (χ0) is 12.2. The molecule has 2 aromatic heterocycles. The zero-order valence-electron chi connectivity index (χ0n) is 9.77. The van der Waals surface area contributed by atoms with E-state index in [-0.39, 0.29) is 0 Å². The highest BCUT2D eigenvalue weighted by Crippen LogP contribution is 2.09. The minimum absolute atomic E-state index is 0.704. The van der Waals surface area contributed by atoms with E-state index in [2.05, 4.69) is 21.4 Å². The van der Waals surface area contributed by atoms with Crippen molar-refractivity contribution in [2.75, 3.05) is 0 Å². The van der Waals surface area contributed by atoms with E-state index in [9.17, 15) is 0 Å². The van der Waals surface area contributed by atoms with Crippen molar-refractivity contribution in [3.05, 3.63) is 60.4 Å². The summed E-state index contributed by atoms with van der Waals surface area (Å²) < 4.78 is 1.88. The molecule has 0 aliphatic rings.